The summed E-state index contributed by atoms with van der Waals surface area (Å²) in [6.45, 7) is 4.01. The highest BCUT2D eigenvalue weighted by atomic mass is 19.4. The normalized spacial score (nSPS) is 26.4. The van der Waals surface area contributed by atoms with E-state index in [0.717, 1.165) is 31.6 Å². The maximum Gasteiger partial charge on any atom is 0.431 e. The Kier molecular flexibility index (Phi) is 2.90. The number of halogens is 3. The topological polar surface area (TPSA) is 29.0 Å². The lowest BCUT2D eigenvalue weighted by Gasteiger charge is -2.45. The van der Waals surface area contributed by atoms with Crippen LogP contribution in [0.5, 0.6) is 0 Å². The molecule has 1 aromatic heterocycles. The van der Waals surface area contributed by atoms with E-state index in [1.807, 2.05) is 6.92 Å². The number of hydrogen-bond acceptors (Lipinski definition) is 2. The third kappa shape index (κ3) is 2.07. The van der Waals surface area contributed by atoms with Crippen molar-refractivity contribution in [3.63, 3.8) is 0 Å². The molecule has 0 unspecified atom stereocenters. The van der Waals surface area contributed by atoms with Crippen LogP contribution in [0.2, 0.25) is 0 Å². The van der Waals surface area contributed by atoms with E-state index in [4.69, 9.17) is 0 Å². The molecule has 3 heterocycles. The molecule has 3 nitrogen and oxygen atoms in total. The second kappa shape index (κ2) is 4.24. The average Bonchev–Trinajstić information content (AvgIpc) is 2.74. The first kappa shape index (κ1) is 13.0. The first-order valence-corrected chi connectivity index (χ1v) is 6.68. The second-order valence-corrected chi connectivity index (χ2v) is 5.59. The van der Waals surface area contributed by atoms with E-state index < -0.39 is 11.9 Å². The molecule has 19 heavy (non-hydrogen) atoms. The van der Waals surface area contributed by atoms with Crippen molar-refractivity contribution in [3.8, 4) is 0 Å². The molecule has 2 N–H and O–H groups in total. The van der Waals surface area contributed by atoms with E-state index in [1.54, 1.807) is 6.07 Å². The van der Waals surface area contributed by atoms with Crippen LogP contribution in [-0.4, -0.2) is 23.7 Å². The lowest BCUT2D eigenvalue weighted by Crippen LogP contribution is -2.58. The summed E-state index contributed by atoms with van der Waals surface area (Å²) in [5.41, 5.74) is -0.0277. The van der Waals surface area contributed by atoms with Gasteiger partial charge < -0.3 is 15.2 Å². The number of fused-ring (bicyclic) bond motifs is 2. The van der Waals surface area contributed by atoms with Crippen LogP contribution in [0.25, 0.3) is 0 Å². The number of piperidine rings is 1. The standard InChI is InChI=1S/C13H18F3N3/c1-9-8-19-10(2-3-11(19)13(14,15)16)12(18-9)4-6-17-7-5-12/h2-3,9,17-18H,4-8H2,1H3/t9-/m0/s1. The maximum absolute atomic E-state index is 13.0. The van der Waals surface area contributed by atoms with Crippen LogP contribution in [0.3, 0.4) is 0 Å². The van der Waals surface area contributed by atoms with Crippen LogP contribution in [0.1, 0.15) is 31.2 Å². The Morgan fingerprint density at radius 2 is 1.95 bits per heavy atom. The Labute approximate surface area is 110 Å². The van der Waals surface area contributed by atoms with Gasteiger partial charge in [0.25, 0.3) is 0 Å². The molecule has 2 aliphatic heterocycles. The molecular formula is C13H18F3N3. The fourth-order valence-electron chi connectivity index (χ4n) is 3.45. The first-order valence-electron chi connectivity index (χ1n) is 6.68. The minimum Gasteiger partial charge on any atom is -0.338 e. The summed E-state index contributed by atoms with van der Waals surface area (Å²) in [6, 6.07) is 2.92. The van der Waals surface area contributed by atoms with Crippen LogP contribution in [0.15, 0.2) is 12.1 Å². The summed E-state index contributed by atoms with van der Waals surface area (Å²) in [4.78, 5) is 0. The Morgan fingerprint density at radius 1 is 1.26 bits per heavy atom. The smallest absolute Gasteiger partial charge is 0.338 e. The zero-order valence-corrected chi connectivity index (χ0v) is 10.8. The Hall–Kier alpha value is -1.01. The Morgan fingerprint density at radius 3 is 2.58 bits per heavy atom. The van der Waals surface area contributed by atoms with Gasteiger partial charge in [0, 0.05) is 18.3 Å². The third-order valence-corrected chi connectivity index (χ3v) is 4.20. The van der Waals surface area contributed by atoms with Gasteiger partial charge in [-0.1, -0.05) is 0 Å². The van der Waals surface area contributed by atoms with Gasteiger partial charge in [-0.3, -0.25) is 0 Å². The largest absolute Gasteiger partial charge is 0.431 e. The predicted octanol–water partition coefficient (Wildman–Crippen LogP) is 2.08. The van der Waals surface area contributed by atoms with E-state index >= 15 is 0 Å². The van der Waals surface area contributed by atoms with Crippen molar-refractivity contribution in [2.45, 2.75) is 44.1 Å². The van der Waals surface area contributed by atoms with Crippen LogP contribution < -0.4 is 10.6 Å². The van der Waals surface area contributed by atoms with E-state index in [2.05, 4.69) is 10.6 Å². The number of alkyl halides is 3. The minimum atomic E-state index is -4.27. The lowest BCUT2D eigenvalue weighted by molar-refractivity contribution is -0.144. The summed E-state index contributed by atoms with van der Waals surface area (Å²) >= 11 is 0. The van der Waals surface area contributed by atoms with E-state index in [0.29, 0.717) is 6.54 Å². The zero-order chi connectivity index (χ0) is 13.7. The van der Waals surface area contributed by atoms with Crippen molar-refractivity contribution in [2.75, 3.05) is 13.1 Å². The molecule has 1 aromatic rings. The second-order valence-electron chi connectivity index (χ2n) is 5.59. The van der Waals surface area contributed by atoms with Crippen LogP contribution in [0, 0.1) is 0 Å². The van der Waals surface area contributed by atoms with Crippen molar-refractivity contribution in [2.24, 2.45) is 0 Å². The third-order valence-electron chi connectivity index (χ3n) is 4.20. The van der Waals surface area contributed by atoms with E-state index in [9.17, 15) is 13.2 Å². The highest BCUT2D eigenvalue weighted by Crippen LogP contribution is 2.39. The average molecular weight is 273 g/mol. The van der Waals surface area contributed by atoms with Gasteiger partial charge in [0.05, 0.1) is 5.54 Å². The molecule has 1 saturated heterocycles. The van der Waals surface area contributed by atoms with Crippen molar-refractivity contribution < 1.29 is 13.2 Å². The number of aromatic nitrogens is 1. The molecule has 6 heteroatoms. The Balaban J connectivity index is 2.08. The predicted molar refractivity (Wildman–Crippen MR) is 65.8 cm³/mol. The van der Waals surface area contributed by atoms with E-state index in [-0.39, 0.29) is 11.6 Å². The van der Waals surface area contributed by atoms with Crippen LogP contribution in [-0.2, 0) is 18.3 Å². The lowest BCUT2D eigenvalue weighted by atomic mass is 9.83. The molecule has 1 spiro atoms. The number of hydrogen-bond donors (Lipinski definition) is 2. The maximum atomic E-state index is 13.0. The van der Waals surface area contributed by atoms with Crippen molar-refractivity contribution >= 4 is 0 Å². The SMILES string of the molecule is C[C@H]1Cn2c(C(F)(F)F)ccc2C2(CCNCC2)N1. The minimum absolute atomic E-state index is 0.0547. The summed E-state index contributed by atoms with van der Waals surface area (Å²) in [6.07, 6.45) is -2.61. The van der Waals surface area contributed by atoms with Crippen molar-refractivity contribution in [3.05, 3.63) is 23.5 Å². The molecule has 0 amide bonds. The van der Waals surface area contributed by atoms with Crippen molar-refractivity contribution in [1.82, 2.24) is 15.2 Å². The molecule has 3 rings (SSSR count). The summed E-state index contributed by atoms with van der Waals surface area (Å²) < 4.78 is 40.6. The highest BCUT2D eigenvalue weighted by Gasteiger charge is 2.44. The quantitative estimate of drug-likeness (QED) is 0.758. The van der Waals surface area contributed by atoms with Gasteiger partial charge in [0.1, 0.15) is 5.69 Å². The fourth-order valence-corrected chi connectivity index (χ4v) is 3.45. The molecule has 2 aliphatic rings. The van der Waals surface area contributed by atoms with Gasteiger partial charge in [-0.2, -0.15) is 13.2 Å². The number of nitrogens with zero attached hydrogens (tertiary/aromatic N) is 1. The highest BCUT2D eigenvalue weighted by molar-refractivity contribution is 5.28. The fraction of sp³-hybridized carbons (Fsp3) is 0.692. The molecule has 1 atom stereocenters. The molecule has 0 radical (unpaired) electrons. The molecular weight excluding hydrogens is 255 g/mol. The van der Waals surface area contributed by atoms with Crippen LogP contribution >= 0.6 is 0 Å². The molecule has 0 bridgehead atoms. The number of rotatable bonds is 0. The number of nitrogens with one attached hydrogen (secondary N) is 2. The molecule has 0 aromatic carbocycles. The van der Waals surface area contributed by atoms with Gasteiger partial charge in [-0.25, -0.2) is 0 Å². The molecule has 1 fully saturated rings. The molecule has 0 aliphatic carbocycles. The van der Waals surface area contributed by atoms with Gasteiger partial charge in [-0.15, -0.1) is 0 Å². The first-order chi connectivity index (χ1) is 8.92. The van der Waals surface area contributed by atoms with Gasteiger partial charge in [0.2, 0.25) is 0 Å². The summed E-state index contributed by atoms with van der Waals surface area (Å²) in [5.74, 6) is 0. The van der Waals surface area contributed by atoms with Gasteiger partial charge >= 0.3 is 6.18 Å². The summed E-state index contributed by atoms with van der Waals surface area (Å²) in [5, 5.41) is 6.79. The zero-order valence-electron chi connectivity index (χ0n) is 10.8. The van der Waals surface area contributed by atoms with Crippen molar-refractivity contribution in [1.29, 1.82) is 0 Å². The molecule has 0 saturated carbocycles. The molecule has 106 valence electrons. The van der Waals surface area contributed by atoms with E-state index in [1.165, 1.54) is 10.6 Å². The van der Waals surface area contributed by atoms with Gasteiger partial charge in [0.15, 0.2) is 0 Å². The monoisotopic (exact) mass is 273 g/mol. The Bertz CT molecular complexity index is 472. The van der Waals surface area contributed by atoms with Crippen LogP contribution in [0.4, 0.5) is 13.2 Å². The van der Waals surface area contributed by atoms with Gasteiger partial charge in [-0.05, 0) is 45.0 Å². The summed E-state index contributed by atoms with van der Waals surface area (Å²) in [7, 11) is 0.